The Morgan fingerprint density at radius 2 is 2.15 bits per heavy atom. The fourth-order valence-corrected chi connectivity index (χ4v) is 1.02. The summed E-state index contributed by atoms with van der Waals surface area (Å²) in [5.41, 5.74) is 11.1. The van der Waals surface area contributed by atoms with Gasteiger partial charge in [0.2, 0.25) is 0 Å². The summed E-state index contributed by atoms with van der Waals surface area (Å²) >= 11 is 0. The Bertz CT molecular complexity index is 339. The van der Waals surface area contributed by atoms with Crippen LogP contribution in [0.2, 0.25) is 0 Å². The van der Waals surface area contributed by atoms with Crippen LogP contribution in [0.1, 0.15) is 11.6 Å². The lowest BCUT2D eigenvalue weighted by atomic mass is 10.1. The number of phenols is 1. The smallest absolute Gasteiger partial charge is 0.143 e. The van der Waals surface area contributed by atoms with E-state index in [2.05, 4.69) is 6.58 Å². The van der Waals surface area contributed by atoms with Crippen LogP contribution in [0.3, 0.4) is 0 Å². The number of phenolic OH excluding ortho intramolecular Hbond substituents is 1. The average molecular weight is 182 g/mol. The topological polar surface area (TPSA) is 72.3 Å². The van der Waals surface area contributed by atoms with E-state index in [0.29, 0.717) is 0 Å². The van der Waals surface area contributed by atoms with E-state index in [4.69, 9.17) is 11.5 Å². The maximum Gasteiger partial charge on any atom is 0.143 e. The maximum absolute atomic E-state index is 12.8. The number of hydrogen-bond acceptors (Lipinski definition) is 3. The molecule has 1 rings (SSSR count). The first kappa shape index (κ1) is 9.54. The first-order chi connectivity index (χ1) is 6.06. The van der Waals surface area contributed by atoms with Crippen molar-refractivity contribution >= 4 is 5.69 Å². The summed E-state index contributed by atoms with van der Waals surface area (Å²) < 4.78 is 12.8. The lowest BCUT2D eigenvalue weighted by Gasteiger charge is -2.10. The highest BCUT2D eigenvalue weighted by molar-refractivity contribution is 5.57. The van der Waals surface area contributed by atoms with E-state index in [-0.39, 0.29) is 17.0 Å². The van der Waals surface area contributed by atoms with E-state index in [1.165, 1.54) is 6.08 Å². The highest BCUT2D eigenvalue weighted by Gasteiger charge is 2.11. The Labute approximate surface area is 75.5 Å². The van der Waals surface area contributed by atoms with Crippen LogP contribution in [0.25, 0.3) is 0 Å². The molecule has 0 aliphatic rings. The molecule has 1 atom stereocenters. The molecular weight excluding hydrogens is 171 g/mol. The van der Waals surface area contributed by atoms with Crippen molar-refractivity contribution in [3.05, 3.63) is 36.2 Å². The zero-order valence-electron chi connectivity index (χ0n) is 7.00. The van der Waals surface area contributed by atoms with Crippen molar-refractivity contribution in [3.8, 4) is 5.75 Å². The van der Waals surface area contributed by atoms with Crippen LogP contribution >= 0.6 is 0 Å². The minimum atomic E-state index is -0.613. The molecule has 0 aromatic heterocycles. The third-order valence-corrected chi connectivity index (χ3v) is 1.75. The zero-order chi connectivity index (χ0) is 10.0. The quantitative estimate of drug-likeness (QED) is 0.366. The first-order valence-electron chi connectivity index (χ1n) is 3.72. The van der Waals surface area contributed by atoms with Gasteiger partial charge in [0.15, 0.2) is 0 Å². The van der Waals surface area contributed by atoms with Crippen LogP contribution in [-0.2, 0) is 0 Å². The van der Waals surface area contributed by atoms with Crippen molar-refractivity contribution in [1.29, 1.82) is 0 Å². The second-order valence-corrected chi connectivity index (χ2v) is 2.69. The van der Waals surface area contributed by atoms with Gasteiger partial charge in [-0.25, -0.2) is 4.39 Å². The number of benzene rings is 1. The van der Waals surface area contributed by atoms with Crippen molar-refractivity contribution < 1.29 is 9.50 Å². The van der Waals surface area contributed by atoms with Crippen LogP contribution in [0, 0.1) is 5.82 Å². The van der Waals surface area contributed by atoms with Gasteiger partial charge >= 0.3 is 0 Å². The van der Waals surface area contributed by atoms with Crippen molar-refractivity contribution in [2.75, 3.05) is 5.73 Å². The van der Waals surface area contributed by atoms with Crippen LogP contribution in [0.5, 0.6) is 5.75 Å². The molecule has 13 heavy (non-hydrogen) atoms. The number of halogens is 1. The predicted octanol–water partition coefficient (Wildman–Crippen LogP) is 1.30. The van der Waals surface area contributed by atoms with Gasteiger partial charge in [-0.2, -0.15) is 0 Å². The van der Waals surface area contributed by atoms with Gasteiger partial charge in [0.25, 0.3) is 0 Å². The molecule has 4 heteroatoms. The number of aromatic hydroxyl groups is 1. The number of nitrogens with two attached hydrogens (primary N) is 2. The van der Waals surface area contributed by atoms with Crippen molar-refractivity contribution in [3.63, 3.8) is 0 Å². The van der Waals surface area contributed by atoms with Gasteiger partial charge in [-0.1, -0.05) is 6.08 Å². The van der Waals surface area contributed by atoms with Gasteiger partial charge < -0.3 is 16.6 Å². The second kappa shape index (κ2) is 3.45. The monoisotopic (exact) mass is 182 g/mol. The number of hydrogen-bond donors (Lipinski definition) is 3. The minimum absolute atomic E-state index is 0.0210. The molecule has 0 heterocycles. The molecule has 0 fully saturated rings. The average Bonchev–Trinajstić information content (AvgIpc) is 2.10. The summed E-state index contributed by atoms with van der Waals surface area (Å²) in [6.45, 7) is 3.44. The Morgan fingerprint density at radius 1 is 1.54 bits per heavy atom. The fraction of sp³-hybridized carbons (Fsp3) is 0.111. The van der Waals surface area contributed by atoms with Gasteiger partial charge in [-0.3, -0.25) is 0 Å². The molecule has 1 aromatic rings. The molecule has 1 aromatic carbocycles. The molecular formula is C9H11FN2O. The highest BCUT2D eigenvalue weighted by Crippen LogP contribution is 2.30. The molecule has 0 bridgehead atoms. The number of anilines is 1. The molecule has 0 saturated carbocycles. The maximum atomic E-state index is 12.8. The fourth-order valence-electron chi connectivity index (χ4n) is 1.02. The third-order valence-electron chi connectivity index (χ3n) is 1.75. The van der Waals surface area contributed by atoms with E-state index in [1.807, 2.05) is 0 Å². The normalized spacial score (nSPS) is 12.5. The molecule has 0 aliphatic heterocycles. The Hall–Kier alpha value is -1.55. The van der Waals surface area contributed by atoms with Crippen molar-refractivity contribution in [2.24, 2.45) is 5.73 Å². The van der Waals surface area contributed by atoms with Crippen LogP contribution in [-0.4, -0.2) is 5.11 Å². The molecule has 5 N–H and O–H groups in total. The molecule has 1 unspecified atom stereocenters. The van der Waals surface area contributed by atoms with Gasteiger partial charge in [-0.15, -0.1) is 6.58 Å². The lowest BCUT2D eigenvalue weighted by Crippen LogP contribution is -2.08. The zero-order valence-corrected chi connectivity index (χ0v) is 7.00. The summed E-state index contributed by atoms with van der Waals surface area (Å²) in [7, 11) is 0. The summed E-state index contributed by atoms with van der Waals surface area (Å²) in [4.78, 5) is 0. The Balaban J connectivity index is 3.27. The van der Waals surface area contributed by atoms with Gasteiger partial charge in [0.1, 0.15) is 11.6 Å². The summed E-state index contributed by atoms with van der Waals surface area (Å²) in [6, 6.07) is 1.56. The minimum Gasteiger partial charge on any atom is -0.505 e. The SMILES string of the molecule is C=CC(N)c1cc(F)cc(N)c1O. The Kier molecular flexibility index (Phi) is 2.53. The van der Waals surface area contributed by atoms with E-state index in [1.54, 1.807) is 0 Å². The molecule has 0 spiro atoms. The highest BCUT2D eigenvalue weighted by atomic mass is 19.1. The molecule has 70 valence electrons. The lowest BCUT2D eigenvalue weighted by molar-refractivity contribution is 0.466. The second-order valence-electron chi connectivity index (χ2n) is 2.69. The van der Waals surface area contributed by atoms with Gasteiger partial charge in [0, 0.05) is 11.6 Å². The van der Waals surface area contributed by atoms with Crippen LogP contribution in [0.4, 0.5) is 10.1 Å². The molecule has 0 saturated heterocycles. The van der Waals surface area contributed by atoms with Crippen molar-refractivity contribution in [2.45, 2.75) is 6.04 Å². The van der Waals surface area contributed by atoms with E-state index < -0.39 is 11.9 Å². The molecule has 3 nitrogen and oxygen atoms in total. The Morgan fingerprint density at radius 3 is 2.69 bits per heavy atom. The first-order valence-corrected chi connectivity index (χ1v) is 3.72. The largest absolute Gasteiger partial charge is 0.505 e. The number of rotatable bonds is 2. The molecule has 0 radical (unpaired) electrons. The van der Waals surface area contributed by atoms with Gasteiger partial charge in [0.05, 0.1) is 11.7 Å². The molecule has 0 amide bonds. The van der Waals surface area contributed by atoms with Crippen LogP contribution in [0.15, 0.2) is 24.8 Å². The molecule has 0 aliphatic carbocycles. The van der Waals surface area contributed by atoms with E-state index in [0.717, 1.165) is 12.1 Å². The predicted molar refractivity (Wildman–Crippen MR) is 49.6 cm³/mol. The van der Waals surface area contributed by atoms with E-state index in [9.17, 15) is 9.50 Å². The summed E-state index contributed by atoms with van der Waals surface area (Å²) in [6.07, 6.45) is 1.40. The van der Waals surface area contributed by atoms with Gasteiger partial charge in [-0.05, 0) is 6.07 Å². The van der Waals surface area contributed by atoms with Crippen LogP contribution < -0.4 is 11.5 Å². The summed E-state index contributed by atoms with van der Waals surface area (Å²) in [5.74, 6) is -0.712. The van der Waals surface area contributed by atoms with E-state index >= 15 is 0 Å². The summed E-state index contributed by atoms with van der Waals surface area (Å²) in [5, 5.41) is 9.40. The number of nitrogen functional groups attached to an aromatic ring is 1. The van der Waals surface area contributed by atoms with Crippen molar-refractivity contribution in [1.82, 2.24) is 0 Å². The standard InChI is InChI=1S/C9H11FN2O/c1-2-7(11)6-3-5(10)4-8(12)9(6)13/h2-4,7,13H,1,11-12H2. The third kappa shape index (κ3) is 1.78.